The summed E-state index contributed by atoms with van der Waals surface area (Å²) in [5.74, 6) is 0.116. The lowest BCUT2D eigenvalue weighted by molar-refractivity contribution is -0.139. The van der Waals surface area contributed by atoms with Gasteiger partial charge in [0, 0.05) is 22.6 Å². The Balaban J connectivity index is 1.66. The van der Waals surface area contributed by atoms with E-state index in [0.717, 1.165) is 22.6 Å². The van der Waals surface area contributed by atoms with E-state index in [1.807, 2.05) is 38.1 Å². The van der Waals surface area contributed by atoms with Crippen molar-refractivity contribution in [3.63, 3.8) is 0 Å². The Morgan fingerprint density at radius 1 is 0.933 bits per heavy atom. The standard InChI is InChI=1S/C34H35N3O7S/c1-8-43-32(39)22-10-12-24(13-11-22)36-19(3)16-23(21(36)5)17-28-31(38)37-30(26-18-25(41-6)14-15-27(26)42-7)29(33(40)44-9-2)20(4)35-34(37)45-28/h10-18,30H,8-9H2,1-7H3/b28-17-. The van der Waals surface area contributed by atoms with Crippen molar-refractivity contribution >= 4 is 29.4 Å². The van der Waals surface area contributed by atoms with Crippen LogP contribution in [-0.2, 0) is 14.3 Å². The fourth-order valence-electron chi connectivity index (χ4n) is 5.57. The topological polar surface area (TPSA) is 110 Å². The van der Waals surface area contributed by atoms with Crippen LogP contribution in [0.5, 0.6) is 11.5 Å². The van der Waals surface area contributed by atoms with Crippen LogP contribution in [0, 0.1) is 13.8 Å². The molecule has 0 spiro atoms. The number of allylic oxidation sites excluding steroid dienone is 1. The Morgan fingerprint density at radius 2 is 1.62 bits per heavy atom. The Bertz CT molecular complexity index is 2000. The Hall–Kier alpha value is -4.90. The molecule has 0 amide bonds. The van der Waals surface area contributed by atoms with Gasteiger partial charge in [0.05, 0.1) is 48.8 Å². The first-order chi connectivity index (χ1) is 21.6. The van der Waals surface area contributed by atoms with Gasteiger partial charge in [-0.05, 0) is 94.8 Å². The highest BCUT2D eigenvalue weighted by Crippen LogP contribution is 2.38. The predicted octanol–water partition coefficient (Wildman–Crippen LogP) is 4.40. The molecule has 234 valence electrons. The number of fused-ring (bicyclic) bond motifs is 1. The molecular weight excluding hydrogens is 594 g/mol. The third kappa shape index (κ3) is 5.83. The number of hydrogen-bond donors (Lipinski definition) is 0. The Kier molecular flexibility index (Phi) is 9.10. The minimum Gasteiger partial charge on any atom is -0.497 e. The summed E-state index contributed by atoms with van der Waals surface area (Å²) < 4.78 is 25.7. The molecule has 0 radical (unpaired) electrons. The molecule has 1 aliphatic heterocycles. The van der Waals surface area contributed by atoms with Crippen LogP contribution < -0.4 is 24.4 Å². The normalized spacial score (nSPS) is 14.6. The van der Waals surface area contributed by atoms with E-state index in [1.54, 1.807) is 58.2 Å². The highest BCUT2D eigenvalue weighted by molar-refractivity contribution is 7.07. The summed E-state index contributed by atoms with van der Waals surface area (Å²) in [7, 11) is 3.09. The molecule has 0 saturated heterocycles. The number of aromatic nitrogens is 2. The maximum atomic E-state index is 14.2. The molecule has 5 rings (SSSR count). The Morgan fingerprint density at radius 3 is 2.27 bits per heavy atom. The predicted molar refractivity (Wildman–Crippen MR) is 171 cm³/mol. The van der Waals surface area contributed by atoms with Crippen LogP contribution in [-0.4, -0.2) is 48.5 Å². The largest absolute Gasteiger partial charge is 0.497 e. The SMILES string of the molecule is CCOC(=O)C1=C(C)N=c2s/c(=C\c3cc(C)n(-c4ccc(C(=O)OCC)cc4)c3C)c(=O)n2C1c1cc(OC)ccc1OC. The smallest absolute Gasteiger partial charge is 0.338 e. The molecule has 1 atom stereocenters. The molecule has 0 N–H and O–H groups in total. The highest BCUT2D eigenvalue weighted by atomic mass is 32.1. The van der Waals surface area contributed by atoms with Crippen molar-refractivity contribution in [2.24, 2.45) is 4.99 Å². The summed E-state index contributed by atoms with van der Waals surface area (Å²) in [4.78, 5) is 44.8. The lowest BCUT2D eigenvalue weighted by atomic mass is 9.94. The second-order valence-corrected chi connectivity index (χ2v) is 11.3. The van der Waals surface area contributed by atoms with Crippen LogP contribution in [0.25, 0.3) is 11.8 Å². The zero-order chi connectivity index (χ0) is 32.4. The van der Waals surface area contributed by atoms with Gasteiger partial charge in [-0.3, -0.25) is 9.36 Å². The average molecular weight is 630 g/mol. The lowest BCUT2D eigenvalue weighted by Gasteiger charge is -2.26. The van der Waals surface area contributed by atoms with Gasteiger partial charge in [-0.15, -0.1) is 0 Å². The van der Waals surface area contributed by atoms with Gasteiger partial charge in [0.25, 0.3) is 5.56 Å². The molecule has 0 fully saturated rings. The van der Waals surface area contributed by atoms with E-state index in [0.29, 0.717) is 44.3 Å². The van der Waals surface area contributed by atoms with Gasteiger partial charge in [-0.1, -0.05) is 11.3 Å². The zero-order valence-corrected chi connectivity index (χ0v) is 27.1. The summed E-state index contributed by atoms with van der Waals surface area (Å²) in [5.41, 5.74) is 5.06. The van der Waals surface area contributed by atoms with Crippen molar-refractivity contribution in [3.05, 3.63) is 108 Å². The molecule has 1 unspecified atom stereocenters. The number of hydrogen-bond acceptors (Lipinski definition) is 9. The molecule has 0 bridgehead atoms. The second kappa shape index (κ2) is 13.0. The minimum absolute atomic E-state index is 0.170. The number of thiazole rings is 1. The first-order valence-corrected chi connectivity index (χ1v) is 15.3. The maximum absolute atomic E-state index is 14.2. The number of rotatable bonds is 9. The molecule has 0 aliphatic carbocycles. The van der Waals surface area contributed by atoms with Gasteiger partial charge in [-0.25, -0.2) is 14.6 Å². The number of nitrogens with zero attached hydrogens (tertiary/aromatic N) is 3. The highest BCUT2D eigenvalue weighted by Gasteiger charge is 2.35. The molecule has 11 heteroatoms. The van der Waals surface area contributed by atoms with Crippen molar-refractivity contribution in [1.82, 2.24) is 9.13 Å². The molecule has 1 aliphatic rings. The van der Waals surface area contributed by atoms with Gasteiger partial charge in [0.15, 0.2) is 4.80 Å². The monoisotopic (exact) mass is 629 g/mol. The number of carbonyl (C=O) groups is 2. The molecule has 45 heavy (non-hydrogen) atoms. The fourth-order valence-corrected chi connectivity index (χ4v) is 6.61. The van der Waals surface area contributed by atoms with Crippen LogP contribution in [0.2, 0.25) is 0 Å². The first kappa shape index (κ1) is 31.5. The number of aryl methyl sites for hydroxylation is 1. The van der Waals surface area contributed by atoms with Gasteiger partial charge in [0.1, 0.15) is 17.5 Å². The molecule has 0 saturated carbocycles. The molecule has 4 aromatic rings. The van der Waals surface area contributed by atoms with E-state index in [2.05, 4.69) is 9.56 Å². The summed E-state index contributed by atoms with van der Waals surface area (Å²) in [6, 6.07) is 13.6. The van der Waals surface area contributed by atoms with Gasteiger partial charge in [0.2, 0.25) is 0 Å². The number of benzene rings is 2. The quantitative estimate of drug-likeness (QED) is 0.253. The summed E-state index contributed by atoms with van der Waals surface area (Å²) in [6.45, 7) is 9.68. The van der Waals surface area contributed by atoms with Gasteiger partial charge in [-0.2, -0.15) is 0 Å². The second-order valence-electron chi connectivity index (χ2n) is 10.3. The van der Waals surface area contributed by atoms with Crippen molar-refractivity contribution in [1.29, 1.82) is 0 Å². The van der Waals surface area contributed by atoms with Crippen molar-refractivity contribution in [2.45, 2.75) is 40.7 Å². The van der Waals surface area contributed by atoms with Crippen molar-refractivity contribution in [2.75, 3.05) is 27.4 Å². The van der Waals surface area contributed by atoms with Crippen molar-refractivity contribution in [3.8, 4) is 17.2 Å². The van der Waals surface area contributed by atoms with Crippen LogP contribution in [0.4, 0.5) is 0 Å². The molecule has 10 nitrogen and oxygen atoms in total. The van der Waals surface area contributed by atoms with E-state index in [4.69, 9.17) is 18.9 Å². The van der Waals surface area contributed by atoms with E-state index in [9.17, 15) is 14.4 Å². The van der Waals surface area contributed by atoms with E-state index < -0.39 is 12.0 Å². The molecular formula is C34H35N3O7S. The van der Waals surface area contributed by atoms with Crippen LogP contribution in [0.1, 0.15) is 59.7 Å². The van der Waals surface area contributed by atoms with E-state index >= 15 is 0 Å². The molecule has 3 heterocycles. The van der Waals surface area contributed by atoms with Crippen LogP contribution in [0.3, 0.4) is 0 Å². The third-order valence-electron chi connectivity index (χ3n) is 7.64. The summed E-state index contributed by atoms with van der Waals surface area (Å²) >= 11 is 1.25. The van der Waals surface area contributed by atoms with Gasteiger partial charge >= 0.3 is 11.9 Å². The maximum Gasteiger partial charge on any atom is 0.338 e. The third-order valence-corrected chi connectivity index (χ3v) is 8.62. The van der Waals surface area contributed by atoms with Crippen LogP contribution in [0.15, 0.2) is 69.6 Å². The number of methoxy groups -OCH3 is 2. The number of carbonyl (C=O) groups excluding carboxylic acids is 2. The molecule has 2 aromatic heterocycles. The lowest BCUT2D eigenvalue weighted by Crippen LogP contribution is -2.40. The fraction of sp³-hybridized carbons (Fsp3) is 0.294. The number of esters is 2. The first-order valence-electron chi connectivity index (χ1n) is 14.5. The Labute approximate surface area is 264 Å². The minimum atomic E-state index is -0.849. The van der Waals surface area contributed by atoms with Gasteiger partial charge < -0.3 is 23.5 Å². The summed E-state index contributed by atoms with van der Waals surface area (Å²) in [5, 5.41) is 0. The number of ether oxygens (including phenoxy) is 4. The van der Waals surface area contributed by atoms with E-state index in [1.165, 1.54) is 23.0 Å². The summed E-state index contributed by atoms with van der Waals surface area (Å²) in [6.07, 6.45) is 1.85. The average Bonchev–Trinajstić information content (AvgIpc) is 3.49. The molecule has 2 aromatic carbocycles. The van der Waals surface area contributed by atoms with Crippen molar-refractivity contribution < 1.29 is 28.5 Å². The van der Waals surface area contributed by atoms with Crippen LogP contribution >= 0.6 is 11.3 Å². The van der Waals surface area contributed by atoms with E-state index in [-0.39, 0.29) is 23.7 Å². The zero-order valence-electron chi connectivity index (χ0n) is 26.3.